The second-order valence-electron chi connectivity index (χ2n) is 6.35. The normalized spacial score (nSPS) is 13.5. The van der Waals surface area contributed by atoms with Gasteiger partial charge in [0.2, 0.25) is 0 Å². The van der Waals surface area contributed by atoms with Crippen LogP contribution < -0.4 is 4.90 Å². The van der Waals surface area contributed by atoms with Gasteiger partial charge in [-0.15, -0.1) is 0 Å². The Labute approximate surface area is 165 Å². The van der Waals surface area contributed by atoms with Gasteiger partial charge in [-0.3, -0.25) is 9.48 Å². The van der Waals surface area contributed by atoms with E-state index in [1.54, 1.807) is 17.1 Å². The number of aryl methyl sites for hydroxylation is 1. The molecule has 0 atom stereocenters. The third-order valence-corrected chi connectivity index (χ3v) is 5.44. The molecule has 0 unspecified atom stereocenters. The maximum absolute atomic E-state index is 13.0. The zero-order chi connectivity index (χ0) is 18.1. The molecule has 0 saturated heterocycles. The Morgan fingerprint density at radius 3 is 2.92 bits per heavy atom. The lowest BCUT2D eigenvalue weighted by molar-refractivity contribution is 0.0985. The predicted octanol–water partition coefficient (Wildman–Crippen LogP) is 4.94. The maximum Gasteiger partial charge on any atom is 0.261 e. The number of nitrogens with zero attached hydrogens (tertiary/aromatic N) is 3. The van der Waals surface area contributed by atoms with Crippen molar-refractivity contribution in [2.24, 2.45) is 0 Å². The van der Waals surface area contributed by atoms with Crippen molar-refractivity contribution < 1.29 is 4.79 Å². The summed E-state index contributed by atoms with van der Waals surface area (Å²) >= 11 is 9.72. The molecule has 1 amide bonds. The van der Waals surface area contributed by atoms with Gasteiger partial charge < -0.3 is 4.90 Å². The zero-order valence-electron chi connectivity index (χ0n) is 14.0. The minimum absolute atomic E-state index is 0.0151. The molecule has 0 N–H and O–H groups in total. The summed E-state index contributed by atoms with van der Waals surface area (Å²) in [4.78, 5) is 14.9. The van der Waals surface area contributed by atoms with Gasteiger partial charge in [0.25, 0.3) is 5.91 Å². The van der Waals surface area contributed by atoms with E-state index < -0.39 is 0 Å². The summed E-state index contributed by atoms with van der Waals surface area (Å²) in [6.45, 7) is 1.26. The van der Waals surface area contributed by atoms with E-state index >= 15 is 0 Å². The second-order valence-corrected chi connectivity index (χ2v) is 7.67. The van der Waals surface area contributed by atoms with Crippen LogP contribution in [-0.4, -0.2) is 22.2 Å². The number of hydrogen-bond donors (Lipinski definition) is 0. The number of benzene rings is 2. The monoisotopic (exact) mass is 429 g/mol. The fourth-order valence-electron chi connectivity index (χ4n) is 3.29. The molecule has 0 radical (unpaired) electrons. The average molecular weight is 431 g/mol. The Kier molecular flexibility index (Phi) is 4.83. The van der Waals surface area contributed by atoms with Crippen molar-refractivity contribution in [2.75, 3.05) is 11.4 Å². The number of fused-ring (bicyclic) bond motifs is 1. The first-order valence-corrected chi connectivity index (χ1v) is 9.65. The Morgan fingerprint density at radius 2 is 2.08 bits per heavy atom. The highest BCUT2D eigenvalue weighted by atomic mass is 79.9. The van der Waals surface area contributed by atoms with E-state index in [-0.39, 0.29) is 5.91 Å². The van der Waals surface area contributed by atoms with Crippen LogP contribution in [0.15, 0.2) is 59.3 Å². The van der Waals surface area contributed by atoms with E-state index in [2.05, 4.69) is 27.1 Å². The largest absolute Gasteiger partial charge is 0.308 e. The maximum atomic E-state index is 13.0. The van der Waals surface area contributed by atoms with Gasteiger partial charge in [0.15, 0.2) is 0 Å². The first kappa shape index (κ1) is 17.3. The molecular weight excluding hydrogens is 414 g/mol. The SMILES string of the molecule is O=C(c1cnn(Cc2ccccc2Cl)c1)N1CCCc2cc(Br)ccc21. The molecule has 1 aromatic heterocycles. The van der Waals surface area contributed by atoms with E-state index in [0.29, 0.717) is 17.1 Å². The summed E-state index contributed by atoms with van der Waals surface area (Å²) in [6.07, 6.45) is 5.37. The van der Waals surface area contributed by atoms with Crippen molar-refractivity contribution in [3.63, 3.8) is 0 Å². The quantitative estimate of drug-likeness (QED) is 0.590. The van der Waals surface area contributed by atoms with Gasteiger partial charge in [0, 0.05) is 27.9 Å². The van der Waals surface area contributed by atoms with Crippen LogP contribution in [0.4, 0.5) is 5.69 Å². The first-order valence-electron chi connectivity index (χ1n) is 8.48. The van der Waals surface area contributed by atoms with E-state index in [0.717, 1.165) is 35.1 Å². The Hall–Kier alpha value is -2.11. The molecule has 3 aromatic rings. The van der Waals surface area contributed by atoms with Crippen molar-refractivity contribution in [3.05, 3.63) is 81.0 Å². The molecule has 2 aromatic carbocycles. The van der Waals surface area contributed by atoms with Crippen molar-refractivity contribution in [2.45, 2.75) is 19.4 Å². The highest BCUT2D eigenvalue weighted by molar-refractivity contribution is 9.10. The van der Waals surface area contributed by atoms with Gasteiger partial charge in [-0.05, 0) is 48.2 Å². The van der Waals surface area contributed by atoms with Crippen molar-refractivity contribution in [1.82, 2.24) is 9.78 Å². The zero-order valence-corrected chi connectivity index (χ0v) is 16.4. The van der Waals surface area contributed by atoms with Crippen molar-refractivity contribution >= 4 is 39.1 Å². The lowest BCUT2D eigenvalue weighted by Crippen LogP contribution is -2.35. The molecule has 0 spiro atoms. The van der Waals surface area contributed by atoms with Crippen LogP contribution in [0.25, 0.3) is 0 Å². The van der Waals surface area contributed by atoms with Crippen LogP contribution in [0, 0.1) is 0 Å². The Bertz CT molecular complexity index is 969. The van der Waals surface area contributed by atoms with Gasteiger partial charge in [-0.2, -0.15) is 5.10 Å². The smallest absolute Gasteiger partial charge is 0.261 e. The minimum Gasteiger partial charge on any atom is -0.308 e. The van der Waals surface area contributed by atoms with Gasteiger partial charge in [-0.1, -0.05) is 45.7 Å². The summed E-state index contributed by atoms with van der Waals surface area (Å²) < 4.78 is 2.79. The molecule has 26 heavy (non-hydrogen) atoms. The number of halogens is 2. The molecule has 132 valence electrons. The summed E-state index contributed by atoms with van der Waals surface area (Å²) in [7, 11) is 0. The first-order chi connectivity index (χ1) is 12.6. The summed E-state index contributed by atoms with van der Waals surface area (Å²) in [5.41, 5.74) is 3.75. The van der Waals surface area contributed by atoms with Crippen LogP contribution in [0.5, 0.6) is 0 Å². The van der Waals surface area contributed by atoms with E-state index in [1.807, 2.05) is 41.3 Å². The standard InChI is InChI=1S/C20H17BrClN3O/c21-17-7-8-19-14(10-17)5-3-9-25(19)20(26)16-11-23-24(13-16)12-15-4-1-2-6-18(15)22/h1-2,4,6-8,10-11,13H,3,5,9,12H2. The lowest BCUT2D eigenvalue weighted by atomic mass is 10.0. The number of aromatic nitrogens is 2. The van der Waals surface area contributed by atoms with Gasteiger partial charge in [0.1, 0.15) is 0 Å². The number of amides is 1. The molecule has 0 saturated carbocycles. The highest BCUT2D eigenvalue weighted by Crippen LogP contribution is 2.30. The lowest BCUT2D eigenvalue weighted by Gasteiger charge is -2.29. The highest BCUT2D eigenvalue weighted by Gasteiger charge is 2.24. The topological polar surface area (TPSA) is 38.1 Å². The molecule has 6 heteroatoms. The molecule has 4 rings (SSSR count). The number of carbonyl (C=O) groups is 1. The molecular formula is C20H17BrClN3O. The van der Waals surface area contributed by atoms with Gasteiger partial charge >= 0.3 is 0 Å². The summed E-state index contributed by atoms with van der Waals surface area (Å²) in [6, 6.07) is 13.7. The molecule has 0 fully saturated rings. The fraction of sp³-hybridized carbons (Fsp3) is 0.200. The number of hydrogen-bond acceptors (Lipinski definition) is 2. The van der Waals surface area contributed by atoms with Crippen molar-refractivity contribution in [1.29, 1.82) is 0 Å². The summed E-state index contributed by atoms with van der Waals surface area (Å²) in [5.74, 6) is -0.0151. The summed E-state index contributed by atoms with van der Waals surface area (Å²) in [5, 5.41) is 5.04. The number of rotatable bonds is 3. The van der Waals surface area contributed by atoms with E-state index in [9.17, 15) is 4.79 Å². The molecule has 4 nitrogen and oxygen atoms in total. The third kappa shape index (κ3) is 3.41. The molecule has 0 bridgehead atoms. The van der Waals surface area contributed by atoms with Crippen LogP contribution in [0.2, 0.25) is 5.02 Å². The van der Waals surface area contributed by atoms with Gasteiger partial charge in [-0.25, -0.2) is 0 Å². The predicted molar refractivity (Wildman–Crippen MR) is 107 cm³/mol. The van der Waals surface area contributed by atoms with Crippen LogP contribution in [0.3, 0.4) is 0 Å². The van der Waals surface area contributed by atoms with Crippen LogP contribution >= 0.6 is 27.5 Å². The Morgan fingerprint density at radius 1 is 1.23 bits per heavy atom. The molecule has 2 heterocycles. The number of carbonyl (C=O) groups excluding carboxylic acids is 1. The fourth-order valence-corrected chi connectivity index (χ4v) is 3.90. The van der Waals surface area contributed by atoms with E-state index in [1.165, 1.54) is 5.56 Å². The number of anilines is 1. The third-order valence-electron chi connectivity index (χ3n) is 4.58. The molecule has 0 aliphatic carbocycles. The van der Waals surface area contributed by atoms with Crippen molar-refractivity contribution in [3.8, 4) is 0 Å². The molecule has 1 aliphatic rings. The van der Waals surface area contributed by atoms with Crippen LogP contribution in [-0.2, 0) is 13.0 Å². The molecule has 1 aliphatic heterocycles. The van der Waals surface area contributed by atoms with Crippen LogP contribution in [0.1, 0.15) is 27.9 Å². The Balaban J connectivity index is 1.57. The minimum atomic E-state index is -0.0151. The second kappa shape index (κ2) is 7.25. The average Bonchev–Trinajstić information content (AvgIpc) is 3.11. The van der Waals surface area contributed by atoms with Gasteiger partial charge in [0.05, 0.1) is 18.3 Å². The van der Waals surface area contributed by atoms with E-state index in [4.69, 9.17) is 11.6 Å².